The molecule has 0 spiro atoms. The zero-order chi connectivity index (χ0) is 13.8. The first-order chi connectivity index (χ1) is 8.32. The number of ether oxygens (including phenoxy) is 1. The van der Waals surface area contributed by atoms with Gasteiger partial charge in [-0.15, -0.1) is 0 Å². The van der Waals surface area contributed by atoms with Crippen LogP contribution in [0.1, 0.15) is 54.4 Å². The van der Waals surface area contributed by atoms with Gasteiger partial charge in [-0.3, -0.25) is 4.90 Å². The van der Waals surface area contributed by atoms with Crippen molar-refractivity contribution in [3.8, 4) is 0 Å². The molecule has 18 heavy (non-hydrogen) atoms. The number of hydrogen-bond donors (Lipinski definition) is 1. The standard InChI is InChI=1S/C15H32N2O/c1-12(2)17(13(3)4)10-9-16-11-14-7-8-15(5,6)18-14/h12-14,16H,7-11H2,1-6H3. The van der Waals surface area contributed by atoms with Gasteiger partial charge in [0.25, 0.3) is 0 Å². The van der Waals surface area contributed by atoms with Gasteiger partial charge in [0.05, 0.1) is 11.7 Å². The van der Waals surface area contributed by atoms with Gasteiger partial charge in [-0.2, -0.15) is 0 Å². The first-order valence-electron chi connectivity index (χ1n) is 7.46. The molecular weight excluding hydrogens is 224 g/mol. The molecule has 0 amide bonds. The van der Waals surface area contributed by atoms with Gasteiger partial charge in [0.2, 0.25) is 0 Å². The van der Waals surface area contributed by atoms with Crippen LogP contribution in [0.25, 0.3) is 0 Å². The molecule has 1 N–H and O–H groups in total. The Morgan fingerprint density at radius 1 is 1.22 bits per heavy atom. The van der Waals surface area contributed by atoms with E-state index in [0.717, 1.165) is 19.6 Å². The van der Waals surface area contributed by atoms with E-state index in [4.69, 9.17) is 4.74 Å². The lowest BCUT2D eigenvalue weighted by Gasteiger charge is -2.30. The first kappa shape index (κ1) is 15.9. The van der Waals surface area contributed by atoms with Gasteiger partial charge < -0.3 is 10.1 Å². The lowest BCUT2D eigenvalue weighted by molar-refractivity contribution is -0.0143. The van der Waals surface area contributed by atoms with Crippen molar-refractivity contribution in [3.63, 3.8) is 0 Å². The first-order valence-corrected chi connectivity index (χ1v) is 7.46. The summed E-state index contributed by atoms with van der Waals surface area (Å²) >= 11 is 0. The lowest BCUT2D eigenvalue weighted by atomic mass is 10.1. The quantitative estimate of drug-likeness (QED) is 0.709. The third-order valence-electron chi connectivity index (χ3n) is 3.80. The molecule has 3 nitrogen and oxygen atoms in total. The van der Waals surface area contributed by atoms with Crippen molar-refractivity contribution in [3.05, 3.63) is 0 Å². The molecule has 1 aliphatic rings. The Kier molecular flexibility index (Phi) is 6.09. The van der Waals surface area contributed by atoms with Crippen LogP contribution in [0.3, 0.4) is 0 Å². The van der Waals surface area contributed by atoms with Crippen LogP contribution in [-0.2, 0) is 4.74 Å². The Morgan fingerprint density at radius 3 is 2.28 bits per heavy atom. The summed E-state index contributed by atoms with van der Waals surface area (Å²) in [5.74, 6) is 0. The van der Waals surface area contributed by atoms with Gasteiger partial charge in [0, 0.05) is 31.7 Å². The molecule has 1 saturated heterocycles. The van der Waals surface area contributed by atoms with Crippen LogP contribution in [0.4, 0.5) is 0 Å². The average molecular weight is 256 g/mol. The molecule has 0 aliphatic carbocycles. The monoisotopic (exact) mass is 256 g/mol. The lowest BCUT2D eigenvalue weighted by Crippen LogP contribution is -2.42. The van der Waals surface area contributed by atoms with Crippen molar-refractivity contribution in [2.24, 2.45) is 0 Å². The summed E-state index contributed by atoms with van der Waals surface area (Å²) in [6.07, 6.45) is 2.79. The molecular formula is C15H32N2O. The highest BCUT2D eigenvalue weighted by Gasteiger charge is 2.31. The molecule has 0 aromatic heterocycles. The van der Waals surface area contributed by atoms with Gasteiger partial charge in [0.1, 0.15) is 0 Å². The predicted octanol–water partition coefficient (Wildman–Crippen LogP) is 2.65. The van der Waals surface area contributed by atoms with E-state index in [1.807, 2.05) is 0 Å². The average Bonchev–Trinajstić information content (AvgIpc) is 2.56. The van der Waals surface area contributed by atoms with Gasteiger partial charge in [-0.25, -0.2) is 0 Å². The summed E-state index contributed by atoms with van der Waals surface area (Å²) in [7, 11) is 0. The van der Waals surface area contributed by atoms with E-state index in [2.05, 4.69) is 51.8 Å². The van der Waals surface area contributed by atoms with Crippen LogP contribution < -0.4 is 5.32 Å². The zero-order valence-electron chi connectivity index (χ0n) is 13.1. The fourth-order valence-corrected chi connectivity index (χ4v) is 2.81. The molecule has 0 aromatic rings. The van der Waals surface area contributed by atoms with E-state index >= 15 is 0 Å². The summed E-state index contributed by atoms with van der Waals surface area (Å²) in [4.78, 5) is 2.52. The van der Waals surface area contributed by atoms with Crippen LogP contribution in [-0.4, -0.2) is 48.3 Å². The molecule has 108 valence electrons. The summed E-state index contributed by atoms with van der Waals surface area (Å²) < 4.78 is 5.97. The molecule has 1 atom stereocenters. The van der Waals surface area contributed by atoms with Crippen molar-refractivity contribution in [2.75, 3.05) is 19.6 Å². The second kappa shape index (κ2) is 6.88. The Bertz CT molecular complexity index is 231. The largest absolute Gasteiger partial charge is 0.371 e. The van der Waals surface area contributed by atoms with Crippen LogP contribution in [0.2, 0.25) is 0 Å². The van der Waals surface area contributed by atoms with Gasteiger partial charge in [-0.05, 0) is 54.4 Å². The molecule has 1 unspecified atom stereocenters. The number of hydrogen-bond acceptors (Lipinski definition) is 3. The fourth-order valence-electron chi connectivity index (χ4n) is 2.81. The predicted molar refractivity (Wildman–Crippen MR) is 78.0 cm³/mol. The molecule has 1 fully saturated rings. The highest BCUT2D eigenvalue weighted by Crippen LogP contribution is 2.28. The molecule has 3 heteroatoms. The van der Waals surface area contributed by atoms with E-state index < -0.39 is 0 Å². The van der Waals surface area contributed by atoms with E-state index in [9.17, 15) is 0 Å². The summed E-state index contributed by atoms with van der Waals surface area (Å²) in [5.41, 5.74) is 0.0915. The molecule has 0 saturated carbocycles. The maximum absolute atomic E-state index is 5.97. The van der Waals surface area contributed by atoms with E-state index in [0.29, 0.717) is 18.2 Å². The minimum atomic E-state index is 0.0915. The normalized spacial score (nSPS) is 23.5. The van der Waals surface area contributed by atoms with Crippen molar-refractivity contribution in [2.45, 2.75) is 78.2 Å². The molecule has 1 aliphatic heterocycles. The maximum atomic E-state index is 5.97. The third-order valence-corrected chi connectivity index (χ3v) is 3.80. The summed E-state index contributed by atoms with van der Waals surface area (Å²) in [6, 6.07) is 1.24. The Morgan fingerprint density at radius 2 is 1.83 bits per heavy atom. The molecule has 0 aromatic carbocycles. The SMILES string of the molecule is CC(C)N(CCNCC1CCC(C)(C)O1)C(C)C. The second-order valence-electron chi connectivity index (χ2n) is 6.67. The summed E-state index contributed by atoms with van der Waals surface area (Å²) in [6.45, 7) is 16.6. The minimum absolute atomic E-state index is 0.0915. The van der Waals surface area contributed by atoms with Crippen LogP contribution in [0.15, 0.2) is 0 Å². The van der Waals surface area contributed by atoms with Gasteiger partial charge in [0.15, 0.2) is 0 Å². The topological polar surface area (TPSA) is 24.5 Å². The molecule has 1 rings (SSSR count). The second-order valence-corrected chi connectivity index (χ2v) is 6.67. The van der Waals surface area contributed by atoms with E-state index in [-0.39, 0.29) is 5.60 Å². The van der Waals surface area contributed by atoms with Crippen molar-refractivity contribution >= 4 is 0 Å². The summed E-state index contributed by atoms with van der Waals surface area (Å²) in [5, 5.41) is 3.54. The van der Waals surface area contributed by atoms with Crippen LogP contribution >= 0.6 is 0 Å². The highest BCUT2D eigenvalue weighted by atomic mass is 16.5. The smallest absolute Gasteiger partial charge is 0.0707 e. The van der Waals surface area contributed by atoms with Crippen molar-refractivity contribution in [1.29, 1.82) is 0 Å². The molecule has 0 bridgehead atoms. The van der Waals surface area contributed by atoms with Crippen LogP contribution in [0, 0.1) is 0 Å². The Labute approximate surface area is 113 Å². The number of rotatable bonds is 7. The van der Waals surface area contributed by atoms with E-state index in [1.165, 1.54) is 12.8 Å². The minimum Gasteiger partial charge on any atom is -0.371 e. The molecule has 0 radical (unpaired) electrons. The number of nitrogens with zero attached hydrogens (tertiary/aromatic N) is 1. The maximum Gasteiger partial charge on any atom is 0.0707 e. The molecule has 1 heterocycles. The van der Waals surface area contributed by atoms with Crippen LogP contribution in [0.5, 0.6) is 0 Å². The highest BCUT2D eigenvalue weighted by molar-refractivity contribution is 4.82. The van der Waals surface area contributed by atoms with Gasteiger partial charge in [-0.1, -0.05) is 0 Å². The zero-order valence-corrected chi connectivity index (χ0v) is 13.1. The Balaban J connectivity index is 2.15. The number of nitrogens with one attached hydrogen (secondary N) is 1. The van der Waals surface area contributed by atoms with Crippen molar-refractivity contribution in [1.82, 2.24) is 10.2 Å². The van der Waals surface area contributed by atoms with Gasteiger partial charge >= 0.3 is 0 Å². The fraction of sp³-hybridized carbons (Fsp3) is 1.00. The third kappa shape index (κ3) is 5.25. The Hall–Kier alpha value is -0.120. The van der Waals surface area contributed by atoms with Crippen molar-refractivity contribution < 1.29 is 4.74 Å². The van der Waals surface area contributed by atoms with E-state index in [1.54, 1.807) is 0 Å².